The number of carbonyl (C=O) groups excluding carboxylic acids is 1. The number of rotatable bonds is 5. The molecule has 0 fully saturated rings. The van der Waals surface area contributed by atoms with Gasteiger partial charge in [-0.05, 0) is 32.9 Å². The normalized spacial score (nSPS) is 11.5. The maximum absolute atomic E-state index is 12.4. The molecule has 1 amide bonds. The van der Waals surface area contributed by atoms with E-state index in [1.165, 1.54) is 0 Å². The van der Waals surface area contributed by atoms with Crippen LogP contribution in [0.2, 0.25) is 0 Å². The van der Waals surface area contributed by atoms with Gasteiger partial charge in [-0.15, -0.1) is 0 Å². The molecule has 1 rings (SSSR count). The Balaban J connectivity index is 2.97. The largest absolute Gasteiger partial charge is 0.385 e. The molecule has 0 bridgehead atoms. The van der Waals surface area contributed by atoms with Crippen LogP contribution in [0, 0.1) is 24.2 Å². The number of hydrogen-bond donors (Lipinski definition) is 1. The Morgan fingerprint density at radius 2 is 2.21 bits per heavy atom. The molecular formula is C15H21N3O. The maximum atomic E-state index is 12.4. The van der Waals surface area contributed by atoms with Gasteiger partial charge in [0.05, 0.1) is 17.6 Å². The summed E-state index contributed by atoms with van der Waals surface area (Å²) in [6.07, 6.45) is 0. The van der Waals surface area contributed by atoms with E-state index in [2.05, 4.69) is 11.4 Å². The lowest BCUT2D eigenvalue weighted by Gasteiger charge is -2.20. The van der Waals surface area contributed by atoms with Gasteiger partial charge in [0.15, 0.2) is 0 Å². The summed E-state index contributed by atoms with van der Waals surface area (Å²) in [5.74, 6) is -0.219. The number of nitrogens with one attached hydrogen (secondary N) is 1. The summed E-state index contributed by atoms with van der Waals surface area (Å²) in [6, 6.07) is 7.93. The molecule has 0 aromatic heterocycles. The highest BCUT2D eigenvalue weighted by atomic mass is 16.2. The third-order valence-electron chi connectivity index (χ3n) is 2.89. The van der Waals surface area contributed by atoms with Gasteiger partial charge in [-0.3, -0.25) is 4.79 Å². The summed E-state index contributed by atoms with van der Waals surface area (Å²) in [5.41, 5.74) is 2.55. The molecule has 1 aromatic carbocycles. The molecule has 0 aliphatic rings. The highest BCUT2D eigenvalue weighted by Gasteiger charge is 2.17. The van der Waals surface area contributed by atoms with Crippen molar-refractivity contribution in [3.63, 3.8) is 0 Å². The predicted octanol–water partition coefficient (Wildman–Crippen LogP) is 2.66. The van der Waals surface area contributed by atoms with Crippen molar-refractivity contribution in [2.45, 2.75) is 20.8 Å². The topological polar surface area (TPSA) is 56.1 Å². The lowest BCUT2D eigenvalue weighted by molar-refractivity contribution is 0.0786. The van der Waals surface area contributed by atoms with Crippen LogP contribution in [0.25, 0.3) is 0 Å². The Bertz CT molecular complexity index is 491. The second-order valence-electron chi connectivity index (χ2n) is 4.80. The van der Waals surface area contributed by atoms with E-state index < -0.39 is 0 Å². The van der Waals surface area contributed by atoms with Crippen molar-refractivity contribution in [3.05, 3.63) is 29.3 Å². The zero-order valence-corrected chi connectivity index (χ0v) is 12.0. The van der Waals surface area contributed by atoms with Crippen molar-refractivity contribution in [1.82, 2.24) is 4.90 Å². The first-order valence-electron chi connectivity index (χ1n) is 6.49. The summed E-state index contributed by atoms with van der Waals surface area (Å²) in [6.45, 7) is 6.97. The van der Waals surface area contributed by atoms with Crippen LogP contribution in [-0.4, -0.2) is 30.9 Å². The average molecular weight is 259 g/mol. The highest BCUT2D eigenvalue weighted by Crippen LogP contribution is 2.19. The minimum Gasteiger partial charge on any atom is -0.385 e. The third-order valence-corrected chi connectivity index (χ3v) is 2.89. The van der Waals surface area contributed by atoms with E-state index >= 15 is 0 Å². The van der Waals surface area contributed by atoms with Gasteiger partial charge in [0.2, 0.25) is 0 Å². The standard InChI is InChI=1S/C15H21N3O/c1-5-17-14-7-6-11(2)8-13(14)15(19)18(4)10-12(3)9-16/h6-8,12,17H,5,10H2,1-4H3. The van der Waals surface area contributed by atoms with Crippen LogP contribution in [0.1, 0.15) is 29.8 Å². The SMILES string of the molecule is CCNc1ccc(C)cc1C(=O)N(C)CC(C)C#N. The molecule has 1 atom stereocenters. The Labute approximate surface area is 115 Å². The van der Waals surface area contributed by atoms with Crippen LogP contribution in [-0.2, 0) is 0 Å². The number of anilines is 1. The monoisotopic (exact) mass is 259 g/mol. The molecule has 1 aromatic rings. The van der Waals surface area contributed by atoms with Gasteiger partial charge < -0.3 is 10.2 Å². The average Bonchev–Trinajstić information content (AvgIpc) is 2.39. The quantitative estimate of drug-likeness (QED) is 0.884. The van der Waals surface area contributed by atoms with Crippen LogP contribution in [0.4, 0.5) is 5.69 Å². The zero-order chi connectivity index (χ0) is 14.4. The van der Waals surface area contributed by atoms with Crippen molar-refractivity contribution in [2.24, 2.45) is 5.92 Å². The molecule has 0 aliphatic heterocycles. The van der Waals surface area contributed by atoms with Crippen molar-refractivity contribution < 1.29 is 4.79 Å². The molecule has 0 aliphatic carbocycles. The number of hydrogen-bond acceptors (Lipinski definition) is 3. The van der Waals surface area contributed by atoms with E-state index in [0.29, 0.717) is 12.1 Å². The Kier molecular flexibility index (Phi) is 5.37. The molecular weight excluding hydrogens is 238 g/mol. The summed E-state index contributed by atoms with van der Waals surface area (Å²) in [4.78, 5) is 14.0. The number of nitrogens with zero attached hydrogens (tertiary/aromatic N) is 2. The van der Waals surface area contributed by atoms with Crippen molar-refractivity contribution in [2.75, 3.05) is 25.5 Å². The summed E-state index contributed by atoms with van der Waals surface area (Å²) >= 11 is 0. The Hall–Kier alpha value is -2.02. The van der Waals surface area contributed by atoms with Gasteiger partial charge in [0, 0.05) is 25.8 Å². The van der Waals surface area contributed by atoms with Crippen LogP contribution in [0.5, 0.6) is 0 Å². The molecule has 1 N–H and O–H groups in total. The van der Waals surface area contributed by atoms with E-state index in [0.717, 1.165) is 17.8 Å². The minimum atomic E-state index is -0.165. The van der Waals surface area contributed by atoms with Crippen LogP contribution >= 0.6 is 0 Å². The molecule has 0 saturated heterocycles. The molecule has 0 spiro atoms. The third kappa shape index (κ3) is 3.99. The molecule has 0 saturated carbocycles. The van der Waals surface area contributed by atoms with Gasteiger partial charge in [-0.2, -0.15) is 5.26 Å². The Morgan fingerprint density at radius 3 is 2.79 bits per heavy atom. The number of nitriles is 1. The number of aryl methyl sites for hydroxylation is 1. The van der Waals surface area contributed by atoms with Gasteiger partial charge in [-0.1, -0.05) is 11.6 Å². The van der Waals surface area contributed by atoms with Crippen LogP contribution < -0.4 is 5.32 Å². The lowest BCUT2D eigenvalue weighted by atomic mass is 10.1. The molecule has 1 unspecified atom stereocenters. The molecule has 4 heteroatoms. The predicted molar refractivity (Wildman–Crippen MR) is 77.1 cm³/mol. The van der Waals surface area contributed by atoms with E-state index in [1.807, 2.05) is 39.0 Å². The molecule has 0 heterocycles. The first-order chi connectivity index (χ1) is 8.99. The van der Waals surface area contributed by atoms with Gasteiger partial charge in [0.1, 0.15) is 0 Å². The molecule has 4 nitrogen and oxygen atoms in total. The Morgan fingerprint density at radius 1 is 1.53 bits per heavy atom. The first kappa shape index (κ1) is 15.0. The minimum absolute atomic E-state index is 0.0539. The zero-order valence-electron chi connectivity index (χ0n) is 12.0. The fourth-order valence-corrected chi connectivity index (χ4v) is 1.92. The van der Waals surface area contributed by atoms with Crippen molar-refractivity contribution in [3.8, 4) is 6.07 Å². The van der Waals surface area contributed by atoms with Crippen LogP contribution in [0.15, 0.2) is 18.2 Å². The fourth-order valence-electron chi connectivity index (χ4n) is 1.92. The van der Waals surface area contributed by atoms with E-state index in [-0.39, 0.29) is 11.8 Å². The van der Waals surface area contributed by atoms with E-state index in [4.69, 9.17) is 5.26 Å². The maximum Gasteiger partial charge on any atom is 0.255 e. The number of amides is 1. The number of carbonyl (C=O) groups is 1. The summed E-state index contributed by atoms with van der Waals surface area (Å²) in [7, 11) is 1.73. The highest BCUT2D eigenvalue weighted by molar-refractivity contribution is 5.99. The van der Waals surface area contributed by atoms with E-state index in [1.54, 1.807) is 11.9 Å². The van der Waals surface area contributed by atoms with Gasteiger partial charge in [-0.25, -0.2) is 0 Å². The first-order valence-corrected chi connectivity index (χ1v) is 6.49. The molecule has 19 heavy (non-hydrogen) atoms. The fraction of sp³-hybridized carbons (Fsp3) is 0.467. The number of benzene rings is 1. The van der Waals surface area contributed by atoms with Gasteiger partial charge in [0.25, 0.3) is 5.91 Å². The summed E-state index contributed by atoms with van der Waals surface area (Å²) < 4.78 is 0. The lowest BCUT2D eigenvalue weighted by Crippen LogP contribution is -2.31. The van der Waals surface area contributed by atoms with Crippen LogP contribution in [0.3, 0.4) is 0 Å². The molecule has 102 valence electrons. The second-order valence-corrected chi connectivity index (χ2v) is 4.80. The molecule has 0 radical (unpaired) electrons. The van der Waals surface area contributed by atoms with Gasteiger partial charge >= 0.3 is 0 Å². The van der Waals surface area contributed by atoms with Crippen molar-refractivity contribution >= 4 is 11.6 Å². The second kappa shape index (κ2) is 6.79. The van der Waals surface area contributed by atoms with Crippen molar-refractivity contribution in [1.29, 1.82) is 5.26 Å². The smallest absolute Gasteiger partial charge is 0.255 e. The summed E-state index contributed by atoms with van der Waals surface area (Å²) in [5, 5.41) is 12.0. The van der Waals surface area contributed by atoms with E-state index in [9.17, 15) is 4.79 Å².